The van der Waals surface area contributed by atoms with Gasteiger partial charge in [-0.3, -0.25) is 20.0 Å². The Morgan fingerprint density at radius 2 is 1.80 bits per heavy atom. The Morgan fingerprint density at radius 1 is 1.00 bits per heavy atom. The van der Waals surface area contributed by atoms with Gasteiger partial charge in [0, 0.05) is 49.0 Å². The first-order valence-electron chi connectivity index (χ1n) is 14.2. The number of anilines is 1. The largest absolute Gasteiger partial charge is 0.493 e. The molecule has 0 spiro atoms. The Labute approximate surface area is 257 Å². The van der Waals surface area contributed by atoms with Crippen molar-refractivity contribution in [2.45, 2.75) is 12.5 Å². The van der Waals surface area contributed by atoms with Crippen molar-refractivity contribution >= 4 is 28.5 Å². The molecule has 1 aliphatic rings. The van der Waals surface area contributed by atoms with Crippen LogP contribution >= 0.6 is 0 Å². The third-order valence-electron chi connectivity index (χ3n) is 6.96. The molecule has 1 aromatic heterocycles. The van der Waals surface area contributed by atoms with Crippen LogP contribution in [-0.2, 0) is 16.0 Å². The van der Waals surface area contributed by atoms with Crippen molar-refractivity contribution in [1.29, 1.82) is 0 Å². The van der Waals surface area contributed by atoms with Crippen molar-refractivity contribution in [2.24, 2.45) is 0 Å². The quantitative estimate of drug-likeness (QED) is 0.224. The van der Waals surface area contributed by atoms with Gasteiger partial charge in [-0.1, -0.05) is 18.2 Å². The minimum Gasteiger partial charge on any atom is -0.493 e. The maximum atomic E-state index is 15.0. The molecule has 0 aliphatic carbocycles. The summed E-state index contributed by atoms with van der Waals surface area (Å²) < 4.78 is 51.4. The second-order valence-corrected chi connectivity index (χ2v) is 10.2. The van der Waals surface area contributed by atoms with Crippen molar-refractivity contribution in [3.8, 4) is 23.0 Å². The second-order valence-electron chi connectivity index (χ2n) is 10.2. The van der Waals surface area contributed by atoms with E-state index < -0.39 is 29.7 Å². The molecule has 13 heteroatoms. The molecule has 236 valence electrons. The molecule has 0 radical (unpaired) electrons. The summed E-state index contributed by atoms with van der Waals surface area (Å²) in [5, 5.41) is 15.4. The number of methoxy groups -OCH3 is 1. The molecule has 3 N–H and O–H groups in total. The highest BCUT2D eigenvalue weighted by Crippen LogP contribution is 2.38. The topological polar surface area (TPSA) is 131 Å². The second kappa shape index (κ2) is 14.8. The zero-order chi connectivity index (χ0) is 31.8. The van der Waals surface area contributed by atoms with E-state index in [1.807, 2.05) is 0 Å². The molecule has 3 amide bonds. The van der Waals surface area contributed by atoms with Gasteiger partial charge in [-0.15, -0.1) is 0 Å². The molecular weight excluding hydrogens is 590 g/mol. The molecular formula is C32H32F2N4O7. The van der Waals surface area contributed by atoms with Crippen molar-refractivity contribution < 1.29 is 42.4 Å². The van der Waals surface area contributed by atoms with Gasteiger partial charge >= 0.3 is 6.03 Å². The lowest BCUT2D eigenvalue weighted by atomic mass is 10.1. The highest BCUT2D eigenvalue weighted by atomic mass is 19.1. The Kier molecular flexibility index (Phi) is 10.3. The number of fused-ring (bicyclic) bond motifs is 1. The smallest absolute Gasteiger partial charge is 0.325 e. The van der Waals surface area contributed by atoms with E-state index >= 15 is 4.39 Å². The summed E-state index contributed by atoms with van der Waals surface area (Å²) in [5.41, 5.74) is 0.690. The lowest BCUT2D eigenvalue weighted by Gasteiger charge is -2.28. The molecule has 5 rings (SSSR count). The normalized spacial score (nSPS) is 14.0. The number of aliphatic hydroxyl groups is 1. The van der Waals surface area contributed by atoms with Crippen molar-refractivity contribution in [3.05, 3.63) is 84.1 Å². The van der Waals surface area contributed by atoms with Gasteiger partial charge in [-0.05, 0) is 35.9 Å². The van der Waals surface area contributed by atoms with Crippen LogP contribution in [0, 0.1) is 11.6 Å². The number of hydrogen-bond donors (Lipinski definition) is 3. The van der Waals surface area contributed by atoms with E-state index in [0.29, 0.717) is 42.2 Å². The number of nitrogens with one attached hydrogen (secondary N) is 2. The predicted molar refractivity (Wildman–Crippen MR) is 161 cm³/mol. The molecule has 0 saturated carbocycles. The number of pyridine rings is 1. The van der Waals surface area contributed by atoms with Gasteiger partial charge in [-0.25, -0.2) is 13.6 Å². The molecule has 1 aliphatic heterocycles. The van der Waals surface area contributed by atoms with Crippen molar-refractivity contribution in [2.75, 3.05) is 51.9 Å². The minimum atomic E-state index is -0.900. The van der Waals surface area contributed by atoms with Crippen molar-refractivity contribution in [3.63, 3.8) is 0 Å². The summed E-state index contributed by atoms with van der Waals surface area (Å²) in [6, 6.07) is 13.5. The number of benzene rings is 3. The highest BCUT2D eigenvalue weighted by molar-refractivity contribution is 6.01. The van der Waals surface area contributed by atoms with E-state index in [1.54, 1.807) is 24.3 Å². The molecule has 1 saturated heterocycles. The van der Waals surface area contributed by atoms with E-state index in [0.717, 1.165) is 19.2 Å². The average molecular weight is 623 g/mol. The maximum absolute atomic E-state index is 15.0. The summed E-state index contributed by atoms with van der Waals surface area (Å²) in [5.74, 6) is -1.16. The molecule has 3 aromatic carbocycles. The Hall–Kier alpha value is -4.85. The van der Waals surface area contributed by atoms with E-state index in [-0.39, 0.29) is 35.8 Å². The van der Waals surface area contributed by atoms with Gasteiger partial charge in [0.05, 0.1) is 32.3 Å². The number of hydrogen-bond acceptors (Lipinski definition) is 9. The Morgan fingerprint density at radius 3 is 2.56 bits per heavy atom. The van der Waals surface area contributed by atoms with Gasteiger partial charge < -0.3 is 29.4 Å². The molecule has 1 atom stereocenters. The van der Waals surface area contributed by atoms with Crippen LogP contribution in [0.4, 0.5) is 19.3 Å². The van der Waals surface area contributed by atoms with Crippen LogP contribution in [0.15, 0.2) is 66.9 Å². The van der Waals surface area contributed by atoms with Crippen LogP contribution in [0.3, 0.4) is 0 Å². The van der Waals surface area contributed by atoms with Gasteiger partial charge in [0.15, 0.2) is 23.1 Å². The first kappa shape index (κ1) is 31.6. The number of rotatable bonds is 11. The monoisotopic (exact) mass is 622 g/mol. The van der Waals surface area contributed by atoms with E-state index in [4.69, 9.17) is 18.9 Å². The molecule has 4 aromatic rings. The lowest BCUT2D eigenvalue weighted by molar-refractivity contribution is -0.119. The summed E-state index contributed by atoms with van der Waals surface area (Å²) in [7, 11) is 1.48. The Bertz CT molecular complexity index is 1670. The number of urea groups is 1. The van der Waals surface area contributed by atoms with Crippen LogP contribution in [0.5, 0.6) is 23.0 Å². The number of ether oxygens (including phenoxy) is 4. The average Bonchev–Trinajstić information content (AvgIpc) is 3.02. The van der Waals surface area contributed by atoms with Crippen molar-refractivity contribution in [1.82, 2.24) is 15.2 Å². The number of β-amino-alcohol motifs (C(OH)–C–C–N with tert-alkyl or cyclic N) is 1. The molecule has 1 unspecified atom stereocenters. The van der Waals surface area contributed by atoms with Crippen LogP contribution in [0.25, 0.3) is 10.9 Å². The lowest BCUT2D eigenvalue weighted by Crippen LogP contribution is -2.42. The van der Waals surface area contributed by atoms with Crippen LogP contribution in [0.1, 0.15) is 5.56 Å². The first-order chi connectivity index (χ1) is 21.8. The Balaban J connectivity index is 1.22. The number of carbonyl (C=O) groups excluding carboxylic acids is 2. The highest BCUT2D eigenvalue weighted by Gasteiger charge is 2.18. The van der Waals surface area contributed by atoms with Crippen LogP contribution in [-0.4, -0.2) is 79.6 Å². The maximum Gasteiger partial charge on any atom is 0.325 e. The van der Waals surface area contributed by atoms with Gasteiger partial charge in [0.2, 0.25) is 5.91 Å². The summed E-state index contributed by atoms with van der Waals surface area (Å²) >= 11 is 0. The molecule has 45 heavy (non-hydrogen) atoms. The zero-order valence-corrected chi connectivity index (χ0v) is 24.4. The fraction of sp³-hybridized carbons (Fsp3) is 0.281. The van der Waals surface area contributed by atoms with E-state index in [2.05, 4.69) is 20.5 Å². The minimum absolute atomic E-state index is 0.0404. The molecule has 11 nitrogen and oxygen atoms in total. The fourth-order valence-corrected chi connectivity index (χ4v) is 4.74. The SMILES string of the molecule is COc1cc2c(Oc3ccc(NC(=O)NC(=O)Cc4ccccc4F)cc3F)ccnc2cc1OCC(O)CN1CCOCC1. The summed E-state index contributed by atoms with van der Waals surface area (Å²) in [6.07, 6.45) is 0.436. The summed E-state index contributed by atoms with van der Waals surface area (Å²) in [6.45, 7) is 3.25. The number of imide groups is 1. The predicted octanol–water partition coefficient (Wildman–Crippen LogP) is 4.28. The molecule has 2 heterocycles. The van der Waals surface area contributed by atoms with E-state index in [9.17, 15) is 19.1 Å². The third-order valence-corrected chi connectivity index (χ3v) is 6.96. The fourth-order valence-electron chi connectivity index (χ4n) is 4.74. The number of aromatic nitrogens is 1. The van der Waals surface area contributed by atoms with Gasteiger partial charge in [0.25, 0.3) is 0 Å². The van der Waals surface area contributed by atoms with Crippen LogP contribution < -0.4 is 24.8 Å². The molecule has 0 bridgehead atoms. The molecule has 1 fully saturated rings. The number of halogens is 2. The van der Waals surface area contributed by atoms with Gasteiger partial charge in [-0.2, -0.15) is 0 Å². The number of carbonyl (C=O) groups is 2. The number of nitrogens with zero attached hydrogens (tertiary/aromatic N) is 2. The van der Waals surface area contributed by atoms with Gasteiger partial charge in [0.1, 0.15) is 24.3 Å². The number of aliphatic hydroxyl groups excluding tert-OH is 1. The zero-order valence-electron chi connectivity index (χ0n) is 24.4. The first-order valence-corrected chi connectivity index (χ1v) is 14.2. The standard InChI is InChI=1S/C32H32F2N4O7/c1-42-29-16-23-26(17-30(29)44-19-22(39)18-38-10-12-43-13-11-38)35-9-8-27(23)45-28-7-6-21(15-25(28)34)36-32(41)37-31(40)14-20-4-2-3-5-24(20)33/h2-9,15-17,22,39H,10-14,18-19H2,1H3,(H2,36,37,40,41). The summed E-state index contributed by atoms with van der Waals surface area (Å²) in [4.78, 5) is 30.9. The third kappa shape index (κ3) is 8.41. The number of amides is 3. The number of morpholine rings is 1. The van der Waals surface area contributed by atoms with Crippen LogP contribution in [0.2, 0.25) is 0 Å². The van der Waals surface area contributed by atoms with E-state index in [1.165, 1.54) is 43.6 Å².